The van der Waals surface area contributed by atoms with Crippen LogP contribution < -0.4 is 10.5 Å². The number of furan rings is 1. The average Bonchev–Trinajstić information content (AvgIpc) is 2.86. The van der Waals surface area contributed by atoms with Crippen LogP contribution >= 0.6 is 15.9 Å². The molecular weight excluding hydrogens is 344 g/mol. The Balaban J connectivity index is 2.11. The van der Waals surface area contributed by atoms with Crippen LogP contribution in [-0.4, -0.2) is 8.42 Å². The molecule has 0 radical (unpaired) electrons. The Hall–Kier alpha value is -1.31. The van der Waals surface area contributed by atoms with Crippen molar-refractivity contribution in [2.24, 2.45) is 5.14 Å². The maximum atomic E-state index is 11.1. The van der Waals surface area contributed by atoms with Crippen LogP contribution in [0.25, 0.3) is 0 Å². The van der Waals surface area contributed by atoms with E-state index in [2.05, 4.69) is 28.2 Å². The summed E-state index contributed by atoms with van der Waals surface area (Å²) in [5.74, 6) is 0.513. The summed E-state index contributed by atoms with van der Waals surface area (Å²) in [6.45, 7) is 2.46. The van der Waals surface area contributed by atoms with Crippen molar-refractivity contribution in [1.82, 2.24) is 0 Å². The SMILES string of the molecule is CCc1cc(Br)ccc1NCc1ccc(S(N)(=O)=O)o1. The highest BCUT2D eigenvalue weighted by Gasteiger charge is 2.13. The zero-order valence-electron chi connectivity index (χ0n) is 10.9. The van der Waals surface area contributed by atoms with Gasteiger partial charge in [0, 0.05) is 10.2 Å². The molecule has 0 unspecified atom stereocenters. The first-order valence-electron chi connectivity index (χ1n) is 6.04. The van der Waals surface area contributed by atoms with E-state index in [-0.39, 0.29) is 5.09 Å². The summed E-state index contributed by atoms with van der Waals surface area (Å²) in [4.78, 5) is 0. The third kappa shape index (κ3) is 3.62. The predicted octanol–water partition coefficient (Wildman–Crippen LogP) is 2.86. The van der Waals surface area contributed by atoms with Crippen molar-refractivity contribution in [3.8, 4) is 0 Å². The molecule has 1 aromatic carbocycles. The van der Waals surface area contributed by atoms with Gasteiger partial charge in [-0.05, 0) is 42.3 Å². The maximum Gasteiger partial charge on any atom is 0.271 e. The van der Waals surface area contributed by atoms with Crippen LogP contribution in [0.2, 0.25) is 0 Å². The number of rotatable bonds is 5. The van der Waals surface area contributed by atoms with E-state index >= 15 is 0 Å². The second-order valence-electron chi connectivity index (χ2n) is 4.27. The third-order valence-corrected chi connectivity index (χ3v) is 4.09. The lowest BCUT2D eigenvalue weighted by Gasteiger charge is -2.10. The molecule has 108 valence electrons. The van der Waals surface area contributed by atoms with Gasteiger partial charge in [0.25, 0.3) is 10.0 Å². The van der Waals surface area contributed by atoms with Crippen molar-refractivity contribution < 1.29 is 12.8 Å². The molecule has 0 aliphatic rings. The van der Waals surface area contributed by atoms with Crippen LogP contribution in [0.3, 0.4) is 0 Å². The topological polar surface area (TPSA) is 85.3 Å². The second-order valence-corrected chi connectivity index (χ2v) is 6.68. The fourth-order valence-electron chi connectivity index (χ4n) is 1.82. The van der Waals surface area contributed by atoms with Gasteiger partial charge in [-0.25, -0.2) is 13.6 Å². The fraction of sp³-hybridized carbons (Fsp3) is 0.231. The van der Waals surface area contributed by atoms with Gasteiger partial charge < -0.3 is 9.73 Å². The minimum absolute atomic E-state index is 0.221. The lowest BCUT2D eigenvalue weighted by atomic mass is 10.1. The van der Waals surface area contributed by atoms with Crippen molar-refractivity contribution >= 4 is 31.6 Å². The molecule has 2 rings (SSSR count). The summed E-state index contributed by atoms with van der Waals surface area (Å²) >= 11 is 3.43. The minimum Gasteiger partial charge on any atom is -0.446 e. The molecule has 20 heavy (non-hydrogen) atoms. The Kier molecular flexibility index (Phi) is 4.52. The van der Waals surface area contributed by atoms with Crippen LogP contribution in [0.5, 0.6) is 0 Å². The summed E-state index contributed by atoms with van der Waals surface area (Å²) in [5, 5.41) is 7.99. The maximum absolute atomic E-state index is 11.1. The van der Waals surface area contributed by atoms with E-state index in [9.17, 15) is 8.42 Å². The van der Waals surface area contributed by atoms with E-state index in [1.807, 2.05) is 18.2 Å². The van der Waals surface area contributed by atoms with E-state index in [0.29, 0.717) is 12.3 Å². The lowest BCUT2D eigenvalue weighted by Crippen LogP contribution is -2.10. The van der Waals surface area contributed by atoms with Crippen LogP contribution in [0.4, 0.5) is 5.69 Å². The third-order valence-electron chi connectivity index (χ3n) is 2.82. The molecule has 0 spiro atoms. The molecule has 1 aromatic heterocycles. The van der Waals surface area contributed by atoms with Crippen molar-refractivity contribution in [2.75, 3.05) is 5.32 Å². The highest BCUT2D eigenvalue weighted by atomic mass is 79.9. The number of sulfonamides is 1. The Morgan fingerprint density at radius 2 is 2.05 bits per heavy atom. The quantitative estimate of drug-likeness (QED) is 0.860. The molecule has 0 atom stereocenters. The number of anilines is 1. The molecule has 3 N–H and O–H groups in total. The van der Waals surface area contributed by atoms with Crippen molar-refractivity contribution in [2.45, 2.75) is 25.0 Å². The Morgan fingerprint density at radius 1 is 1.30 bits per heavy atom. The number of aryl methyl sites for hydroxylation is 1. The largest absolute Gasteiger partial charge is 0.446 e. The number of primary sulfonamides is 1. The summed E-state index contributed by atoms with van der Waals surface area (Å²) in [6, 6.07) is 8.90. The predicted molar refractivity (Wildman–Crippen MR) is 80.9 cm³/mol. The van der Waals surface area contributed by atoms with Gasteiger partial charge in [-0.1, -0.05) is 22.9 Å². The monoisotopic (exact) mass is 358 g/mol. The normalized spacial score (nSPS) is 11.6. The molecule has 1 heterocycles. The fourth-order valence-corrected chi connectivity index (χ4v) is 2.71. The lowest BCUT2D eigenvalue weighted by molar-refractivity contribution is 0.419. The molecule has 0 aliphatic carbocycles. The smallest absolute Gasteiger partial charge is 0.271 e. The molecule has 7 heteroatoms. The van der Waals surface area contributed by atoms with Crippen molar-refractivity contribution in [3.63, 3.8) is 0 Å². The Labute approximate surface area is 126 Å². The number of hydrogen-bond acceptors (Lipinski definition) is 4. The van der Waals surface area contributed by atoms with E-state index in [4.69, 9.17) is 9.56 Å². The van der Waals surface area contributed by atoms with Gasteiger partial charge in [0.2, 0.25) is 5.09 Å². The van der Waals surface area contributed by atoms with E-state index < -0.39 is 10.0 Å². The average molecular weight is 359 g/mol. The zero-order valence-corrected chi connectivity index (χ0v) is 13.3. The van der Waals surface area contributed by atoms with Crippen LogP contribution in [0.15, 0.2) is 44.3 Å². The van der Waals surface area contributed by atoms with Crippen LogP contribution in [-0.2, 0) is 23.0 Å². The van der Waals surface area contributed by atoms with Gasteiger partial charge in [0.15, 0.2) is 0 Å². The Bertz CT molecular complexity index is 710. The standard InChI is InChI=1S/C13H15BrN2O3S/c1-2-9-7-10(14)3-5-12(9)16-8-11-4-6-13(19-11)20(15,17)18/h3-7,16H,2,8H2,1H3,(H2,15,17,18). The number of halogens is 1. The van der Waals surface area contributed by atoms with Crippen LogP contribution in [0, 0.1) is 0 Å². The van der Waals surface area contributed by atoms with Gasteiger partial charge >= 0.3 is 0 Å². The zero-order chi connectivity index (χ0) is 14.8. The molecule has 0 aliphatic heterocycles. The first kappa shape index (κ1) is 15.1. The molecule has 0 fully saturated rings. The highest BCUT2D eigenvalue weighted by molar-refractivity contribution is 9.10. The summed E-state index contributed by atoms with van der Waals surface area (Å²) in [7, 11) is -3.78. The van der Waals surface area contributed by atoms with Gasteiger partial charge in [-0.2, -0.15) is 0 Å². The summed E-state index contributed by atoms with van der Waals surface area (Å²) in [6.07, 6.45) is 0.891. The molecule has 2 aromatic rings. The summed E-state index contributed by atoms with van der Waals surface area (Å²) in [5.41, 5.74) is 2.15. The number of hydrogen-bond donors (Lipinski definition) is 2. The molecule has 0 amide bonds. The van der Waals surface area contributed by atoms with Crippen LogP contribution in [0.1, 0.15) is 18.2 Å². The van der Waals surface area contributed by atoms with E-state index in [1.54, 1.807) is 6.07 Å². The molecule has 5 nitrogen and oxygen atoms in total. The van der Waals surface area contributed by atoms with E-state index in [1.165, 1.54) is 6.07 Å². The molecular formula is C13H15BrN2O3S. The number of nitrogens with two attached hydrogens (primary N) is 1. The van der Waals surface area contributed by atoms with Gasteiger partial charge in [-0.15, -0.1) is 0 Å². The minimum atomic E-state index is -3.78. The molecule has 0 saturated carbocycles. The molecule has 0 bridgehead atoms. The first-order chi connectivity index (χ1) is 9.40. The van der Waals surface area contributed by atoms with Gasteiger partial charge in [0.1, 0.15) is 5.76 Å². The highest BCUT2D eigenvalue weighted by Crippen LogP contribution is 2.22. The van der Waals surface area contributed by atoms with E-state index in [0.717, 1.165) is 22.1 Å². The second kappa shape index (κ2) is 5.99. The van der Waals surface area contributed by atoms with Gasteiger partial charge in [0.05, 0.1) is 6.54 Å². The Morgan fingerprint density at radius 3 is 2.65 bits per heavy atom. The van der Waals surface area contributed by atoms with Crippen molar-refractivity contribution in [1.29, 1.82) is 0 Å². The molecule has 0 saturated heterocycles. The van der Waals surface area contributed by atoms with Crippen molar-refractivity contribution in [3.05, 3.63) is 46.1 Å². The number of nitrogens with one attached hydrogen (secondary N) is 1. The number of benzene rings is 1. The first-order valence-corrected chi connectivity index (χ1v) is 8.38. The summed E-state index contributed by atoms with van der Waals surface area (Å²) < 4.78 is 28.4. The van der Waals surface area contributed by atoms with Gasteiger partial charge in [-0.3, -0.25) is 0 Å².